The largest absolute Gasteiger partial charge is 0.465 e. The van der Waals surface area contributed by atoms with Crippen LogP contribution in [0.5, 0.6) is 0 Å². The topological polar surface area (TPSA) is 59.6 Å². The highest BCUT2D eigenvalue weighted by molar-refractivity contribution is 7.80. The highest BCUT2D eigenvalue weighted by Gasteiger charge is 2.11. The smallest absolute Gasteiger partial charge is 0.339 e. The summed E-state index contributed by atoms with van der Waals surface area (Å²) in [5, 5.41) is 6.82. The van der Waals surface area contributed by atoms with E-state index in [4.69, 9.17) is 28.6 Å². The van der Waals surface area contributed by atoms with Crippen LogP contribution in [0.25, 0.3) is 0 Å². The molecule has 0 aliphatic heterocycles. The Bertz CT molecular complexity index is 483. The molecule has 0 spiro atoms. The van der Waals surface area contributed by atoms with E-state index in [2.05, 4.69) is 15.4 Å². The van der Waals surface area contributed by atoms with Crippen LogP contribution in [-0.4, -0.2) is 38.5 Å². The SMILES string of the molecule is COCCCNC(=S)Nc1ccc(Cl)c(C(=O)OC)c1. The van der Waals surface area contributed by atoms with E-state index in [-0.39, 0.29) is 0 Å². The molecule has 0 fully saturated rings. The van der Waals surface area contributed by atoms with E-state index in [0.717, 1.165) is 6.42 Å². The van der Waals surface area contributed by atoms with Crippen molar-refractivity contribution in [2.45, 2.75) is 6.42 Å². The summed E-state index contributed by atoms with van der Waals surface area (Å²) in [6, 6.07) is 4.94. The molecule has 0 radical (unpaired) electrons. The van der Waals surface area contributed by atoms with E-state index < -0.39 is 5.97 Å². The summed E-state index contributed by atoms with van der Waals surface area (Å²) in [4.78, 5) is 11.5. The molecule has 1 rings (SSSR count). The van der Waals surface area contributed by atoms with Gasteiger partial charge in [0.25, 0.3) is 0 Å². The van der Waals surface area contributed by atoms with Gasteiger partial charge in [-0.1, -0.05) is 11.6 Å². The van der Waals surface area contributed by atoms with Crippen LogP contribution >= 0.6 is 23.8 Å². The molecule has 5 nitrogen and oxygen atoms in total. The maximum Gasteiger partial charge on any atom is 0.339 e. The van der Waals surface area contributed by atoms with Gasteiger partial charge in [0, 0.05) is 25.9 Å². The number of ether oxygens (including phenoxy) is 2. The number of hydrogen-bond donors (Lipinski definition) is 2. The van der Waals surface area contributed by atoms with E-state index in [1.165, 1.54) is 7.11 Å². The Morgan fingerprint density at radius 3 is 2.80 bits per heavy atom. The minimum Gasteiger partial charge on any atom is -0.465 e. The molecule has 0 aliphatic rings. The second-order valence-corrected chi connectivity index (χ2v) is 4.73. The Morgan fingerprint density at radius 2 is 2.15 bits per heavy atom. The van der Waals surface area contributed by atoms with Gasteiger partial charge in [-0.05, 0) is 36.8 Å². The Morgan fingerprint density at radius 1 is 1.40 bits per heavy atom. The lowest BCUT2D eigenvalue weighted by molar-refractivity contribution is 0.0601. The van der Waals surface area contributed by atoms with Crippen LogP contribution < -0.4 is 10.6 Å². The van der Waals surface area contributed by atoms with Gasteiger partial charge < -0.3 is 20.1 Å². The van der Waals surface area contributed by atoms with E-state index in [0.29, 0.717) is 34.5 Å². The number of esters is 1. The summed E-state index contributed by atoms with van der Waals surface area (Å²) in [5.41, 5.74) is 0.959. The lowest BCUT2D eigenvalue weighted by Gasteiger charge is -2.11. The van der Waals surface area contributed by atoms with Crippen molar-refractivity contribution in [3.8, 4) is 0 Å². The predicted octanol–water partition coefficient (Wildman–Crippen LogP) is 2.45. The molecule has 2 N–H and O–H groups in total. The Hall–Kier alpha value is -1.37. The third-order valence-corrected chi connectivity index (χ3v) is 3.02. The molecule has 0 aliphatic carbocycles. The summed E-state index contributed by atoms with van der Waals surface area (Å²) >= 11 is 11.1. The normalized spacial score (nSPS) is 9.95. The number of carbonyl (C=O) groups excluding carboxylic acids is 1. The van der Waals surface area contributed by atoms with E-state index >= 15 is 0 Å². The van der Waals surface area contributed by atoms with Crippen molar-refractivity contribution in [2.75, 3.05) is 32.7 Å². The zero-order valence-electron chi connectivity index (χ0n) is 11.4. The predicted molar refractivity (Wildman–Crippen MR) is 83.5 cm³/mol. The number of nitrogens with one attached hydrogen (secondary N) is 2. The Balaban J connectivity index is 2.59. The van der Waals surface area contributed by atoms with Crippen molar-refractivity contribution in [2.24, 2.45) is 0 Å². The summed E-state index contributed by atoms with van der Waals surface area (Å²) in [7, 11) is 2.96. The first-order chi connectivity index (χ1) is 9.58. The summed E-state index contributed by atoms with van der Waals surface area (Å²) in [5.74, 6) is -0.488. The Labute approximate surface area is 128 Å². The van der Waals surface area contributed by atoms with E-state index in [9.17, 15) is 4.79 Å². The van der Waals surface area contributed by atoms with Crippen molar-refractivity contribution in [1.29, 1.82) is 0 Å². The van der Waals surface area contributed by atoms with Gasteiger partial charge in [-0.25, -0.2) is 4.79 Å². The van der Waals surface area contributed by atoms with Crippen molar-refractivity contribution in [3.63, 3.8) is 0 Å². The third kappa shape index (κ3) is 5.32. The first kappa shape index (κ1) is 16.7. The van der Waals surface area contributed by atoms with Crippen LogP contribution in [0.1, 0.15) is 16.8 Å². The molecule has 1 aromatic rings. The van der Waals surface area contributed by atoms with Crippen molar-refractivity contribution in [3.05, 3.63) is 28.8 Å². The highest BCUT2D eigenvalue weighted by Crippen LogP contribution is 2.21. The lowest BCUT2D eigenvalue weighted by Crippen LogP contribution is -2.29. The summed E-state index contributed by atoms with van der Waals surface area (Å²) in [6.45, 7) is 1.38. The molecule has 0 atom stereocenters. The third-order valence-electron chi connectivity index (χ3n) is 2.44. The molecule has 7 heteroatoms. The minimum atomic E-state index is -0.488. The van der Waals surface area contributed by atoms with Gasteiger partial charge in [-0.2, -0.15) is 0 Å². The zero-order chi connectivity index (χ0) is 15.0. The standard InChI is InChI=1S/C13H17ClN2O3S/c1-18-7-3-6-15-13(20)16-9-4-5-11(14)10(8-9)12(17)19-2/h4-5,8H,3,6-7H2,1-2H3,(H2,15,16,20). The monoisotopic (exact) mass is 316 g/mol. The molecule has 0 aromatic heterocycles. The molecule has 0 saturated carbocycles. The van der Waals surface area contributed by atoms with E-state index in [1.807, 2.05) is 0 Å². The fourth-order valence-corrected chi connectivity index (χ4v) is 1.88. The quantitative estimate of drug-likeness (QED) is 0.477. The van der Waals surface area contributed by atoms with Gasteiger partial charge in [0.1, 0.15) is 0 Å². The van der Waals surface area contributed by atoms with Crippen LogP contribution in [0.2, 0.25) is 5.02 Å². The molecule has 0 heterocycles. The molecule has 110 valence electrons. The van der Waals surface area contributed by atoms with Gasteiger partial charge in [0.2, 0.25) is 0 Å². The second-order valence-electron chi connectivity index (χ2n) is 3.91. The van der Waals surface area contributed by atoms with Gasteiger partial charge in [-0.3, -0.25) is 0 Å². The molecule has 0 saturated heterocycles. The van der Waals surface area contributed by atoms with Crippen LogP contribution in [0.15, 0.2) is 18.2 Å². The number of methoxy groups -OCH3 is 2. The van der Waals surface area contributed by atoms with Crippen LogP contribution in [0.4, 0.5) is 5.69 Å². The molecular formula is C13H17ClN2O3S. The fraction of sp³-hybridized carbons (Fsp3) is 0.385. The Kier molecular flexibility index (Phi) is 7.28. The van der Waals surface area contributed by atoms with Crippen molar-refractivity contribution in [1.82, 2.24) is 5.32 Å². The van der Waals surface area contributed by atoms with E-state index in [1.54, 1.807) is 25.3 Å². The maximum absolute atomic E-state index is 11.5. The second kappa shape index (κ2) is 8.73. The number of anilines is 1. The number of rotatable bonds is 6. The molecule has 0 unspecified atom stereocenters. The number of hydrogen-bond acceptors (Lipinski definition) is 4. The maximum atomic E-state index is 11.5. The van der Waals surface area contributed by atoms with Crippen LogP contribution in [0.3, 0.4) is 0 Å². The first-order valence-corrected chi connectivity index (χ1v) is 6.78. The average molecular weight is 317 g/mol. The van der Waals surface area contributed by atoms with Gasteiger partial charge >= 0.3 is 5.97 Å². The fourth-order valence-electron chi connectivity index (χ4n) is 1.46. The summed E-state index contributed by atoms with van der Waals surface area (Å²) in [6.07, 6.45) is 0.854. The molecule has 1 aromatic carbocycles. The zero-order valence-corrected chi connectivity index (χ0v) is 12.9. The van der Waals surface area contributed by atoms with Crippen LogP contribution in [0, 0.1) is 0 Å². The summed E-state index contributed by atoms with van der Waals surface area (Å²) < 4.78 is 9.60. The molecular weight excluding hydrogens is 300 g/mol. The van der Waals surface area contributed by atoms with Crippen molar-refractivity contribution >= 4 is 40.6 Å². The van der Waals surface area contributed by atoms with Gasteiger partial charge in [-0.15, -0.1) is 0 Å². The first-order valence-electron chi connectivity index (χ1n) is 6.00. The molecule has 0 bridgehead atoms. The van der Waals surface area contributed by atoms with Gasteiger partial charge in [0.15, 0.2) is 5.11 Å². The number of benzene rings is 1. The number of carbonyl (C=O) groups is 1. The minimum absolute atomic E-state index is 0.293. The van der Waals surface area contributed by atoms with Gasteiger partial charge in [0.05, 0.1) is 17.7 Å². The van der Waals surface area contributed by atoms with Crippen molar-refractivity contribution < 1.29 is 14.3 Å². The lowest BCUT2D eigenvalue weighted by atomic mass is 10.2. The van der Waals surface area contributed by atoms with Crippen LogP contribution in [-0.2, 0) is 9.47 Å². The number of halogens is 1. The molecule has 20 heavy (non-hydrogen) atoms. The highest BCUT2D eigenvalue weighted by atomic mass is 35.5. The average Bonchev–Trinajstić information content (AvgIpc) is 2.45. The number of thiocarbonyl (C=S) groups is 1. The molecule has 0 amide bonds.